The molecule has 92 valence electrons. The molecule has 0 radical (unpaired) electrons. The van der Waals surface area contributed by atoms with Gasteiger partial charge in [0.2, 0.25) is 0 Å². The second kappa shape index (κ2) is 6.01. The number of carbonyl (C=O) groups excluding carboxylic acids is 1. The Hall–Kier alpha value is -2.09. The molecular weight excluding hydrogens is 224 g/mol. The highest BCUT2D eigenvalue weighted by atomic mass is 16.5. The minimum Gasteiger partial charge on any atom is -0.489 e. The standard InChI is InChI=1S/C16H16O2/c1-13-7-8-16(15(11-13)9-10-17)18-12-14-5-3-2-4-6-14/h2-8,10-11H,9,12H2,1H3. The van der Waals surface area contributed by atoms with E-state index in [-0.39, 0.29) is 0 Å². The first kappa shape index (κ1) is 12.4. The third kappa shape index (κ3) is 3.20. The topological polar surface area (TPSA) is 26.3 Å². The van der Waals surface area contributed by atoms with Crippen LogP contribution < -0.4 is 4.74 Å². The van der Waals surface area contributed by atoms with Crippen LogP contribution in [0.2, 0.25) is 0 Å². The van der Waals surface area contributed by atoms with Crippen LogP contribution >= 0.6 is 0 Å². The Labute approximate surface area is 107 Å². The van der Waals surface area contributed by atoms with Gasteiger partial charge in [-0.25, -0.2) is 0 Å². The number of hydrogen-bond acceptors (Lipinski definition) is 2. The molecule has 0 amide bonds. The smallest absolute Gasteiger partial charge is 0.124 e. The molecule has 18 heavy (non-hydrogen) atoms. The van der Waals surface area contributed by atoms with Crippen LogP contribution in [0.4, 0.5) is 0 Å². The second-order valence-electron chi connectivity index (χ2n) is 4.26. The molecule has 0 spiro atoms. The molecule has 0 N–H and O–H groups in total. The highest BCUT2D eigenvalue weighted by Gasteiger charge is 2.04. The summed E-state index contributed by atoms with van der Waals surface area (Å²) < 4.78 is 5.77. The van der Waals surface area contributed by atoms with Crippen LogP contribution in [0.3, 0.4) is 0 Å². The van der Waals surface area contributed by atoms with Gasteiger partial charge in [-0.1, -0.05) is 48.0 Å². The number of hydrogen-bond donors (Lipinski definition) is 0. The molecule has 0 atom stereocenters. The molecule has 2 aromatic rings. The summed E-state index contributed by atoms with van der Waals surface area (Å²) in [6.45, 7) is 2.53. The van der Waals surface area contributed by atoms with Crippen molar-refractivity contribution >= 4 is 6.29 Å². The van der Waals surface area contributed by atoms with Crippen LogP contribution in [0.25, 0.3) is 0 Å². The molecule has 0 unspecified atom stereocenters. The monoisotopic (exact) mass is 240 g/mol. The van der Waals surface area contributed by atoms with Crippen LogP contribution in [-0.4, -0.2) is 6.29 Å². The molecular formula is C16H16O2. The minimum absolute atomic E-state index is 0.395. The fourth-order valence-electron chi connectivity index (χ4n) is 1.83. The molecule has 0 aliphatic carbocycles. The van der Waals surface area contributed by atoms with Crippen molar-refractivity contribution in [3.63, 3.8) is 0 Å². The van der Waals surface area contributed by atoms with Crippen LogP contribution in [-0.2, 0) is 17.8 Å². The van der Waals surface area contributed by atoms with Crippen molar-refractivity contribution in [1.29, 1.82) is 0 Å². The molecule has 2 nitrogen and oxygen atoms in total. The zero-order valence-corrected chi connectivity index (χ0v) is 10.4. The third-order valence-electron chi connectivity index (χ3n) is 2.76. The second-order valence-corrected chi connectivity index (χ2v) is 4.26. The molecule has 0 fully saturated rings. The molecule has 0 bridgehead atoms. The van der Waals surface area contributed by atoms with Gasteiger partial charge in [0.1, 0.15) is 18.6 Å². The van der Waals surface area contributed by atoms with Crippen molar-refractivity contribution in [2.45, 2.75) is 20.0 Å². The molecule has 2 aromatic carbocycles. The molecule has 0 saturated carbocycles. The van der Waals surface area contributed by atoms with Gasteiger partial charge in [-0.05, 0) is 18.6 Å². The van der Waals surface area contributed by atoms with E-state index in [0.29, 0.717) is 13.0 Å². The Morgan fingerprint density at radius 2 is 1.89 bits per heavy atom. The average Bonchev–Trinajstić information content (AvgIpc) is 2.39. The van der Waals surface area contributed by atoms with E-state index >= 15 is 0 Å². The Balaban J connectivity index is 2.11. The van der Waals surface area contributed by atoms with Crippen molar-refractivity contribution in [3.8, 4) is 5.75 Å². The van der Waals surface area contributed by atoms with Crippen molar-refractivity contribution in [2.75, 3.05) is 0 Å². The summed E-state index contributed by atoms with van der Waals surface area (Å²) in [7, 11) is 0. The van der Waals surface area contributed by atoms with Crippen LogP contribution in [0, 0.1) is 6.92 Å². The molecule has 0 aliphatic heterocycles. The predicted octanol–water partition coefficient (Wildman–Crippen LogP) is 3.32. The molecule has 0 aliphatic rings. The van der Waals surface area contributed by atoms with E-state index in [4.69, 9.17) is 4.74 Å². The van der Waals surface area contributed by atoms with E-state index < -0.39 is 0 Å². The first-order chi connectivity index (χ1) is 8.79. The Morgan fingerprint density at radius 3 is 2.61 bits per heavy atom. The summed E-state index contributed by atoms with van der Waals surface area (Å²) in [6, 6.07) is 15.9. The quantitative estimate of drug-likeness (QED) is 0.749. The zero-order valence-electron chi connectivity index (χ0n) is 10.4. The fourth-order valence-corrected chi connectivity index (χ4v) is 1.83. The fraction of sp³-hybridized carbons (Fsp3) is 0.188. The molecule has 0 aromatic heterocycles. The van der Waals surface area contributed by atoms with Gasteiger partial charge >= 0.3 is 0 Å². The van der Waals surface area contributed by atoms with E-state index in [1.54, 1.807) is 0 Å². The maximum atomic E-state index is 10.7. The number of ether oxygens (including phenoxy) is 1. The minimum atomic E-state index is 0.395. The van der Waals surface area contributed by atoms with Gasteiger partial charge in [0.05, 0.1) is 0 Å². The largest absolute Gasteiger partial charge is 0.489 e. The molecule has 0 saturated heterocycles. The number of rotatable bonds is 5. The van der Waals surface area contributed by atoms with Gasteiger partial charge in [0.25, 0.3) is 0 Å². The lowest BCUT2D eigenvalue weighted by Gasteiger charge is -2.11. The predicted molar refractivity (Wildman–Crippen MR) is 71.7 cm³/mol. The lowest BCUT2D eigenvalue weighted by Crippen LogP contribution is -1.99. The van der Waals surface area contributed by atoms with E-state index in [9.17, 15) is 4.79 Å². The van der Waals surface area contributed by atoms with Crippen molar-refractivity contribution in [3.05, 3.63) is 65.2 Å². The summed E-state index contributed by atoms with van der Waals surface area (Å²) in [5, 5.41) is 0. The number of aldehydes is 1. The average molecular weight is 240 g/mol. The number of carbonyl (C=O) groups is 1. The number of benzene rings is 2. The maximum absolute atomic E-state index is 10.7. The Morgan fingerprint density at radius 1 is 1.11 bits per heavy atom. The lowest BCUT2D eigenvalue weighted by molar-refractivity contribution is -0.107. The summed E-state index contributed by atoms with van der Waals surface area (Å²) >= 11 is 0. The van der Waals surface area contributed by atoms with Gasteiger partial charge in [-0.3, -0.25) is 0 Å². The number of aryl methyl sites for hydroxylation is 1. The van der Waals surface area contributed by atoms with Gasteiger partial charge < -0.3 is 9.53 Å². The van der Waals surface area contributed by atoms with E-state index in [2.05, 4.69) is 0 Å². The van der Waals surface area contributed by atoms with Gasteiger partial charge in [0, 0.05) is 12.0 Å². The SMILES string of the molecule is Cc1ccc(OCc2ccccc2)c(CC=O)c1. The van der Waals surface area contributed by atoms with Crippen LogP contribution in [0.5, 0.6) is 5.75 Å². The first-order valence-corrected chi connectivity index (χ1v) is 5.99. The van der Waals surface area contributed by atoms with Gasteiger partial charge in [-0.15, -0.1) is 0 Å². The Bertz CT molecular complexity index is 518. The van der Waals surface area contributed by atoms with Crippen LogP contribution in [0.15, 0.2) is 48.5 Å². The zero-order chi connectivity index (χ0) is 12.8. The normalized spacial score (nSPS) is 10.1. The first-order valence-electron chi connectivity index (χ1n) is 5.99. The van der Waals surface area contributed by atoms with Gasteiger partial charge in [0.15, 0.2) is 0 Å². The maximum Gasteiger partial charge on any atom is 0.124 e. The van der Waals surface area contributed by atoms with Crippen molar-refractivity contribution in [2.24, 2.45) is 0 Å². The molecule has 2 rings (SSSR count). The van der Waals surface area contributed by atoms with Crippen molar-refractivity contribution < 1.29 is 9.53 Å². The van der Waals surface area contributed by atoms with E-state index in [1.807, 2.05) is 55.5 Å². The summed E-state index contributed by atoms with van der Waals surface area (Å²) in [6.07, 6.45) is 1.30. The van der Waals surface area contributed by atoms with Crippen molar-refractivity contribution in [1.82, 2.24) is 0 Å². The molecule has 0 heterocycles. The van der Waals surface area contributed by atoms with E-state index in [0.717, 1.165) is 28.7 Å². The van der Waals surface area contributed by atoms with Gasteiger partial charge in [-0.2, -0.15) is 0 Å². The summed E-state index contributed by atoms with van der Waals surface area (Å²) in [5.74, 6) is 0.788. The molecule has 2 heteroatoms. The van der Waals surface area contributed by atoms with E-state index in [1.165, 1.54) is 0 Å². The van der Waals surface area contributed by atoms with Crippen LogP contribution in [0.1, 0.15) is 16.7 Å². The third-order valence-corrected chi connectivity index (χ3v) is 2.76. The lowest BCUT2D eigenvalue weighted by atomic mass is 10.1. The Kier molecular flexibility index (Phi) is 4.13. The summed E-state index contributed by atoms with van der Waals surface area (Å²) in [5.41, 5.74) is 3.20. The highest BCUT2D eigenvalue weighted by molar-refractivity contribution is 5.58. The highest BCUT2D eigenvalue weighted by Crippen LogP contribution is 2.21. The summed E-state index contributed by atoms with van der Waals surface area (Å²) in [4.78, 5) is 10.7.